The Kier molecular flexibility index (Phi) is 7.60. The van der Waals surface area contributed by atoms with Gasteiger partial charge >= 0.3 is 0 Å². The molecule has 0 aromatic heterocycles. The Morgan fingerprint density at radius 3 is 2.37 bits per heavy atom. The molecule has 3 aromatic rings. The van der Waals surface area contributed by atoms with Gasteiger partial charge in [0.05, 0.1) is 6.61 Å². The number of hydrogen-bond acceptors (Lipinski definition) is 3. The van der Waals surface area contributed by atoms with Gasteiger partial charge in [-0.05, 0) is 41.0 Å². The zero-order valence-corrected chi connectivity index (χ0v) is 17.4. The maximum absolute atomic E-state index is 12.9. The summed E-state index contributed by atoms with van der Waals surface area (Å²) in [5.41, 5.74) is 2.97. The minimum Gasteiger partial charge on any atom is -0.380 e. The summed E-state index contributed by atoms with van der Waals surface area (Å²) >= 11 is 5.91. The lowest BCUT2D eigenvalue weighted by atomic mass is 10.0. The predicted octanol–water partition coefficient (Wildman–Crippen LogP) is 4.27. The van der Waals surface area contributed by atoms with E-state index in [2.05, 4.69) is 10.6 Å². The standard InChI is InChI=1S/C24H23ClN2O3/c1-30-16-18-6-5-9-20(14-18)23(28)27-22(19-7-3-2-4-8-19)24(29)26-15-17-10-12-21(25)13-11-17/h2-14,22H,15-16H2,1H3,(H,26,29)(H,27,28)/t22-/m0/s1. The molecule has 0 bridgehead atoms. The molecule has 2 N–H and O–H groups in total. The molecule has 30 heavy (non-hydrogen) atoms. The Hall–Kier alpha value is -3.15. The number of rotatable bonds is 8. The lowest BCUT2D eigenvalue weighted by Gasteiger charge is -2.19. The van der Waals surface area contributed by atoms with Gasteiger partial charge in [-0.3, -0.25) is 9.59 Å². The molecule has 0 unspecified atom stereocenters. The summed E-state index contributed by atoms with van der Waals surface area (Å²) in [7, 11) is 1.60. The first-order valence-corrected chi connectivity index (χ1v) is 9.90. The van der Waals surface area contributed by atoms with Gasteiger partial charge in [0.2, 0.25) is 5.91 Å². The van der Waals surface area contributed by atoms with Crippen molar-refractivity contribution in [3.05, 3.63) is 106 Å². The lowest BCUT2D eigenvalue weighted by Crippen LogP contribution is -2.40. The van der Waals surface area contributed by atoms with Gasteiger partial charge in [0.1, 0.15) is 6.04 Å². The highest BCUT2D eigenvalue weighted by Gasteiger charge is 2.23. The molecular weight excluding hydrogens is 400 g/mol. The third-order valence-corrected chi connectivity index (χ3v) is 4.80. The number of amides is 2. The van der Waals surface area contributed by atoms with Crippen molar-refractivity contribution in [2.45, 2.75) is 19.2 Å². The summed E-state index contributed by atoms with van der Waals surface area (Å²) in [6, 6.07) is 22.7. The largest absolute Gasteiger partial charge is 0.380 e. The first kappa shape index (κ1) is 21.6. The van der Waals surface area contributed by atoms with Crippen molar-refractivity contribution in [1.82, 2.24) is 10.6 Å². The number of carbonyl (C=O) groups is 2. The second-order valence-electron chi connectivity index (χ2n) is 6.79. The van der Waals surface area contributed by atoms with Crippen LogP contribution in [0.5, 0.6) is 0 Å². The van der Waals surface area contributed by atoms with Crippen LogP contribution in [0.1, 0.15) is 33.1 Å². The van der Waals surface area contributed by atoms with Gasteiger partial charge in [0, 0.05) is 24.2 Å². The quantitative estimate of drug-likeness (QED) is 0.569. The van der Waals surface area contributed by atoms with Crippen LogP contribution >= 0.6 is 11.6 Å². The van der Waals surface area contributed by atoms with Gasteiger partial charge in [-0.25, -0.2) is 0 Å². The van der Waals surface area contributed by atoms with Gasteiger partial charge in [0.25, 0.3) is 5.91 Å². The Morgan fingerprint density at radius 1 is 0.933 bits per heavy atom. The molecule has 0 saturated carbocycles. The lowest BCUT2D eigenvalue weighted by molar-refractivity contribution is -0.123. The average Bonchev–Trinajstić information content (AvgIpc) is 2.78. The Balaban J connectivity index is 1.75. The maximum Gasteiger partial charge on any atom is 0.252 e. The molecule has 6 heteroatoms. The topological polar surface area (TPSA) is 67.4 Å². The second kappa shape index (κ2) is 10.6. The van der Waals surface area contributed by atoms with E-state index in [1.807, 2.05) is 48.5 Å². The van der Waals surface area contributed by atoms with E-state index in [1.54, 1.807) is 37.4 Å². The molecule has 0 saturated heterocycles. The fraction of sp³-hybridized carbons (Fsp3) is 0.167. The predicted molar refractivity (Wildman–Crippen MR) is 117 cm³/mol. The third kappa shape index (κ3) is 5.92. The summed E-state index contributed by atoms with van der Waals surface area (Å²) in [5, 5.41) is 6.37. The van der Waals surface area contributed by atoms with Crippen LogP contribution in [-0.4, -0.2) is 18.9 Å². The molecule has 0 heterocycles. The number of halogens is 1. The van der Waals surface area contributed by atoms with Crippen LogP contribution in [0.4, 0.5) is 0 Å². The van der Waals surface area contributed by atoms with Crippen LogP contribution in [0.3, 0.4) is 0 Å². The zero-order chi connectivity index (χ0) is 21.3. The van der Waals surface area contributed by atoms with Crippen LogP contribution in [0, 0.1) is 0 Å². The molecule has 2 amide bonds. The van der Waals surface area contributed by atoms with Crippen LogP contribution in [0.2, 0.25) is 5.02 Å². The minimum absolute atomic E-state index is 0.294. The van der Waals surface area contributed by atoms with Crippen molar-refractivity contribution in [2.75, 3.05) is 7.11 Å². The van der Waals surface area contributed by atoms with Crippen molar-refractivity contribution < 1.29 is 14.3 Å². The number of nitrogens with one attached hydrogen (secondary N) is 2. The molecule has 3 aromatic carbocycles. The number of methoxy groups -OCH3 is 1. The highest BCUT2D eigenvalue weighted by Crippen LogP contribution is 2.16. The molecule has 0 radical (unpaired) electrons. The zero-order valence-electron chi connectivity index (χ0n) is 16.6. The summed E-state index contributed by atoms with van der Waals surface area (Å²) < 4.78 is 5.13. The van der Waals surface area contributed by atoms with E-state index in [1.165, 1.54) is 0 Å². The second-order valence-corrected chi connectivity index (χ2v) is 7.23. The fourth-order valence-electron chi connectivity index (χ4n) is 3.02. The minimum atomic E-state index is -0.822. The number of hydrogen-bond donors (Lipinski definition) is 2. The average molecular weight is 423 g/mol. The summed E-state index contributed by atoms with van der Waals surface area (Å²) in [6.45, 7) is 0.739. The Morgan fingerprint density at radius 2 is 1.67 bits per heavy atom. The van der Waals surface area contributed by atoms with E-state index in [4.69, 9.17) is 16.3 Å². The SMILES string of the molecule is COCc1cccc(C(=O)N[C@H](C(=O)NCc2ccc(Cl)cc2)c2ccccc2)c1. The molecule has 1 atom stereocenters. The van der Waals surface area contributed by atoms with Crippen LogP contribution < -0.4 is 10.6 Å². The van der Waals surface area contributed by atoms with Crippen LogP contribution in [0.25, 0.3) is 0 Å². The molecule has 0 fully saturated rings. The van der Waals surface area contributed by atoms with Gasteiger partial charge in [-0.2, -0.15) is 0 Å². The summed E-state index contributed by atoms with van der Waals surface area (Å²) in [4.78, 5) is 25.8. The monoisotopic (exact) mass is 422 g/mol. The van der Waals surface area contributed by atoms with Crippen molar-refractivity contribution in [3.8, 4) is 0 Å². The van der Waals surface area contributed by atoms with E-state index in [9.17, 15) is 9.59 Å². The van der Waals surface area contributed by atoms with E-state index in [0.717, 1.165) is 11.1 Å². The number of ether oxygens (including phenoxy) is 1. The van der Waals surface area contributed by atoms with E-state index >= 15 is 0 Å². The molecule has 0 aliphatic carbocycles. The van der Waals surface area contributed by atoms with Gasteiger partial charge in [0.15, 0.2) is 0 Å². The summed E-state index contributed by atoms with van der Waals surface area (Å²) in [5.74, 6) is -0.624. The molecule has 154 valence electrons. The maximum atomic E-state index is 12.9. The summed E-state index contributed by atoms with van der Waals surface area (Å²) in [6.07, 6.45) is 0. The molecule has 3 rings (SSSR count). The molecule has 0 aliphatic heterocycles. The highest BCUT2D eigenvalue weighted by molar-refractivity contribution is 6.30. The Labute approximate surface area is 181 Å². The molecule has 5 nitrogen and oxygen atoms in total. The molecule has 0 spiro atoms. The number of benzene rings is 3. The van der Waals surface area contributed by atoms with Gasteiger partial charge in [-0.1, -0.05) is 66.2 Å². The van der Waals surface area contributed by atoms with E-state index in [-0.39, 0.29) is 11.8 Å². The van der Waals surface area contributed by atoms with Crippen molar-refractivity contribution in [3.63, 3.8) is 0 Å². The molecular formula is C24H23ClN2O3. The fourth-order valence-corrected chi connectivity index (χ4v) is 3.15. The molecule has 0 aliphatic rings. The smallest absolute Gasteiger partial charge is 0.252 e. The van der Waals surface area contributed by atoms with Crippen molar-refractivity contribution in [1.29, 1.82) is 0 Å². The first-order valence-electron chi connectivity index (χ1n) is 9.52. The van der Waals surface area contributed by atoms with Crippen LogP contribution in [-0.2, 0) is 22.7 Å². The number of carbonyl (C=O) groups excluding carboxylic acids is 2. The highest BCUT2D eigenvalue weighted by atomic mass is 35.5. The van der Waals surface area contributed by atoms with E-state index < -0.39 is 6.04 Å². The van der Waals surface area contributed by atoms with Gasteiger partial charge in [-0.15, -0.1) is 0 Å². The third-order valence-electron chi connectivity index (χ3n) is 4.55. The first-order chi connectivity index (χ1) is 14.6. The normalized spacial score (nSPS) is 11.5. The van der Waals surface area contributed by atoms with Crippen molar-refractivity contribution >= 4 is 23.4 Å². The van der Waals surface area contributed by atoms with E-state index in [0.29, 0.717) is 29.3 Å². The van der Waals surface area contributed by atoms with Crippen LogP contribution in [0.15, 0.2) is 78.9 Å². The van der Waals surface area contributed by atoms with Crippen molar-refractivity contribution in [2.24, 2.45) is 0 Å². The van der Waals surface area contributed by atoms with Gasteiger partial charge < -0.3 is 15.4 Å². The Bertz CT molecular complexity index is 991.